The summed E-state index contributed by atoms with van der Waals surface area (Å²) < 4.78 is 30.0. The van der Waals surface area contributed by atoms with Gasteiger partial charge in [-0.3, -0.25) is 14.1 Å². The Hall–Kier alpha value is -0.840. The van der Waals surface area contributed by atoms with Gasteiger partial charge in [0.2, 0.25) is 0 Å². The highest BCUT2D eigenvalue weighted by molar-refractivity contribution is 7.84. The molecular formula is C5H8N2O6S2. The summed E-state index contributed by atoms with van der Waals surface area (Å²) in [5.74, 6) is -2.48. The first-order valence-corrected chi connectivity index (χ1v) is 5.56. The third-order valence-electron chi connectivity index (χ3n) is 1.97. The number of nitrogens with two attached hydrogens (primary N) is 1. The molecule has 1 aliphatic rings. The maximum atomic E-state index is 11.0. The second kappa shape index (κ2) is 3.63. The average Bonchev–Trinajstić information content (AvgIpc) is 2.09. The molecule has 1 rings (SSSR count). The van der Waals surface area contributed by atoms with E-state index in [1.54, 1.807) is 0 Å². The van der Waals surface area contributed by atoms with Crippen LogP contribution in [-0.4, -0.2) is 51.6 Å². The van der Waals surface area contributed by atoms with Gasteiger partial charge < -0.3 is 10.8 Å². The molecule has 10 heteroatoms. The van der Waals surface area contributed by atoms with Gasteiger partial charge in [0.25, 0.3) is 5.91 Å². The van der Waals surface area contributed by atoms with Crippen molar-refractivity contribution in [3.63, 3.8) is 0 Å². The van der Waals surface area contributed by atoms with Crippen LogP contribution < -0.4 is 5.73 Å². The molecule has 1 fully saturated rings. The van der Waals surface area contributed by atoms with Crippen molar-refractivity contribution in [2.24, 2.45) is 5.73 Å². The van der Waals surface area contributed by atoms with Crippen molar-refractivity contribution in [1.82, 2.24) is 4.31 Å². The molecule has 15 heavy (non-hydrogen) atoms. The normalized spacial score (nSPS) is 28.5. The van der Waals surface area contributed by atoms with Gasteiger partial charge in [-0.05, 0) is 0 Å². The maximum absolute atomic E-state index is 11.0. The van der Waals surface area contributed by atoms with Crippen LogP contribution in [0.3, 0.4) is 0 Å². The van der Waals surface area contributed by atoms with E-state index in [1.165, 1.54) is 0 Å². The molecule has 8 nitrogen and oxygen atoms in total. The minimum atomic E-state index is -4.78. The molecule has 1 saturated heterocycles. The van der Waals surface area contributed by atoms with Crippen molar-refractivity contribution in [2.75, 3.05) is 0 Å². The number of hydrogen-bond acceptors (Lipinski definition) is 6. The molecule has 0 saturated carbocycles. The van der Waals surface area contributed by atoms with Crippen molar-refractivity contribution in [3.05, 3.63) is 0 Å². The van der Waals surface area contributed by atoms with Crippen LogP contribution in [0, 0.1) is 0 Å². The van der Waals surface area contributed by atoms with E-state index in [4.69, 9.17) is 15.4 Å². The molecule has 86 valence electrons. The smallest absolute Gasteiger partial charge is 0.362 e. The summed E-state index contributed by atoms with van der Waals surface area (Å²) in [5.41, 5.74) is 5.21. The van der Waals surface area contributed by atoms with Gasteiger partial charge in [0.15, 0.2) is 0 Å². The zero-order valence-electron chi connectivity index (χ0n) is 7.14. The zero-order chi connectivity index (χ0) is 12.0. The molecule has 0 aromatic rings. The van der Waals surface area contributed by atoms with Crippen molar-refractivity contribution >= 4 is 34.8 Å². The third-order valence-corrected chi connectivity index (χ3v) is 3.41. The van der Waals surface area contributed by atoms with Gasteiger partial charge in [0, 0.05) is 0 Å². The van der Waals surface area contributed by atoms with Gasteiger partial charge in [-0.2, -0.15) is 21.0 Å². The van der Waals surface area contributed by atoms with Crippen LogP contribution in [-0.2, 0) is 19.9 Å². The molecule has 0 aliphatic carbocycles. The lowest BCUT2D eigenvalue weighted by Crippen LogP contribution is -2.73. The number of hydrogen-bond donors (Lipinski definition) is 4. The Balaban J connectivity index is 2.99. The summed E-state index contributed by atoms with van der Waals surface area (Å²) in [6.45, 7) is 0. The number of thiol groups is 1. The standard InChI is InChI=1S/C5H8N2O6S2/c6-1-2(3(14)5(9)10)7(4(1)8)15(11,12)13/h1-3,14H,6H2,(H,9,10)(H,11,12,13)/t1?,2?,3-/m1/s1. The highest BCUT2D eigenvalue weighted by Gasteiger charge is 2.55. The predicted molar refractivity (Wildman–Crippen MR) is 50.6 cm³/mol. The number of aliphatic carboxylic acids is 1. The van der Waals surface area contributed by atoms with Crippen molar-refractivity contribution in [2.45, 2.75) is 17.3 Å². The number of rotatable bonds is 3. The summed E-state index contributed by atoms with van der Waals surface area (Å²) in [6, 6.07) is -2.65. The van der Waals surface area contributed by atoms with Crippen LogP contribution >= 0.6 is 12.6 Å². The van der Waals surface area contributed by atoms with Crippen LogP contribution in [0.2, 0.25) is 0 Å². The SMILES string of the molecule is NC1C(=O)N(S(=O)(=O)O)C1[C@@H](S)C(=O)O. The first-order valence-electron chi connectivity index (χ1n) is 3.65. The Morgan fingerprint density at radius 3 is 2.40 bits per heavy atom. The summed E-state index contributed by atoms with van der Waals surface area (Å²) >= 11 is 3.59. The summed E-state index contributed by atoms with van der Waals surface area (Å²) in [5, 5.41) is 7.09. The van der Waals surface area contributed by atoms with E-state index in [1.807, 2.05) is 0 Å². The Bertz CT molecular complexity index is 406. The second-order valence-corrected chi connectivity index (χ2v) is 4.76. The van der Waals surface area contributed by atoms with E-state index >= 15 is 0 Å². The molecule has 0 spiro atoms. The van der Waals surface area contributed by atoms with E-state index in [0.717, 1.165) is 0 Å². The summed E-state index contributed by atoms with van der Waals surface area (Å²) in [6.07, 6.45) is 0. The van der Waals surface area contributed by atoms with Gasteiger partial charge in [-0.25, -0.2) is 4.31 Å². The highest BCUT2D eigenvalue weighted by Crippen LogP contribution is 2.27. The van der Waals surface area contributed by atoms with Crippen LogP contribution in [0.25, 0.3) is 0 Å². The quantitative estimate of drug-likeness (QED) is 0.253. The average molecular weight is 256 g/mol. The Labute approximate surface area is 90.3 Å². The van der Waals surface area contributed by atoms with E-state index in [0.29, 0.717) is 0 Å². The largest absolute Gasteiger partial charge is 0.480 e. The molecule has 3 atom stereocenters. The monoisotopic (exact) mass is 256 g/mol. The number of carboxylic acid groups (broad SMARTS) is 1. The van der Waals surface area contributed by atoms with Crippen molar-refractivity contribution in [3.8, 4) is 0 Å². The molecule has 4 N–H and O–H groups in total. The van der Waals surface area contributed by atoms with E-state index in [9.17, 15) is 18.0 Å². The van der Waals surface area contributed by atoms with Crippen molar-refractivity contribution < 1.29 is 27.7 Å². The fraction of sp³-hybridized carbons (Fsp3) is 0.600. The highest BCUT2D eigenvalue weighted by atomic mass is 32.2. The fourth-order valence-corrected chi connectivity index (χ4v) is 2.56. The number of β-lactam (4-membered cyclic amide) rings is 1. The number of carbonyl (C=O) groups excluding carboxylic acids is 1. The number of carboxylic acids is 1. The van der Waals surface area contributed by atoms with Crippen LogP contribution in [0.15, 0.2) is 0 Å². The Morgan fingerprint density at radius 2 is 2.07 bits per heavy atom. The van der Waals surface area contributed by atoms with Gasteiger partial charge in [0.1, 0.15) is 11.3 Å². The number of carbonyl (C=O) groups is 2. The molecule has 1 amide bonds. The lowest BCUT2D eigenvalue weighted by molar-refractivity contribution is -0.145. The van der Waals surface area contributed by atoms with Crippen LogP contribution in [0.5, 0.6) is 0 Å². The van der Waals surface area contributed by atoms with Gasteiger partial charge in [0.05, 0.1) is 6.04 Å². The second-order valence-electron chi connectivity index (χ2n) is 2.91. The van der Waals surface area contributed by atoms with Gasteiger partial charge >= 0.3 is 16.3 Å². The van der Waals surface area contributed by atoms with Gasteiger partial charge in [-0.15, -0.1) is 0 Å². The topological polar surface area (TPSA) is 138 Å². The molecule has 1 heterocycles. The molecular weight excluding hydrogens is 248 g/mol. The molecule has 1 aliphatic heterocycles. The third kappa shape index (κ3) is 1.93. The first-order chi connectivity index (χ1) is 6.68. The van der Waals surface area contributed by atoms with Gasteiger partial charge in [-0.1, -0.05) is 0 Å². The molecule has 0 bridgehead atoms. The molecule has 0 aromatic heterocycles. The van der Waals surface area contributed by atoms with Crippen LogP contribution in [0.1, 0.15) is 0 Å². The summed E-state index contributed by atoms with van der Waals surface area (Å²) in [4.78, 5) is 21.5. The van der Waals surface area contributed by atoms with E-state index < -0.39 is 39.5 Å². The first kappa shape index (κ1) is 12.2. The van der Waals surface area contributed by atoms with E-state index in [-0.39, 0.29) is 4.31 Å². The lowest BCUT2D eigenvalue weighted by atomic mass is 9.96. The lowest BCUT2D eigenvalue weighted by Gasteiger charge is -2.43. The molecule has 2 unspecified atom stereocenters. The summed E-state index contributed by atoms with van der Waals surface area (Å²) in [7, 11) is -4.78. The Morgan fingerprint density at radius 1 is 1.60 bits per heavy atom. The number of nitrogens with zero attached hydrogens (tertiary/aromatic N) is 1. The maximum Gasteiger partial charge on any atom is 0.362 e. The Kier molecular flexibility index (Phi) is 2.96. The van der Waals surface area contributed by atoms with E-state index in [2.05, 4.69) is 12.6 Å². The minimum absolute atomic E-state index is 0.0173. The molecule has 0 aromatic carbocycles. The minimum Gasteiger partial charge on any atom is -0.480 e. The number of amides is 1. The molecule has 0 radical (unpaired) electrons. The van der Waals surface area contributed by atoms with Crippen molar-refractivity contribution in [1.29, 1.82) is 0 Å². The fourth-order valence-electron chi connectivity index (χ4n) is 1.24. The van der Waals surface area contributed by atoms with Crippen LogP contribution in [0.4, 0.5) is 0 Å². The predicted octanol–water partition coefficient (Wildman–Crippen LogP) is -2.29. The zero-order valence-corrected chi connectivity index (χ0v) is 8.85.